The Hall–Kier alpha value is -3.30. The van der Waals surface area contributed by atoms with Crippen LogP contribution in [0.4, 0.5) is 5.69 Å². The summed E-state index contributed by atoms with van der Waals surface area (Å²) in [6.45, 7) is 0.255. The molecule has 2 aromatic rings. The standard InChI is InChI=1S/C16H20N4O6/c1-24-13-5-4-11(8-14(13)25-2)6-7-17-15(21)10-19-9-12(20(22)23)16(18-19)26-3/h4-5,8-9H,6-7,10H2,1-3H3,(H,17,21). The highest BCUT2D eigenvalue weighted by molar-refractivity contribution is 5.75. The van der Waals surface area contributed by atoms with Crippen LogP contribution in [0.15, 0.2) is 24.4 Å². The first-order valence-corrected chi connectivity index (χ1v) is 7.72. The summed E-state index contributed by atoms with van der Waals surface area (Å²) in [5.41, 5.74) is 0.685. The van der Waals surface area contributed by atoms with E-state index in [9.17, 15) is 14.9 Å². The summed E-state index contributed by atoms with van der Waals surface area (Å²) in [6.07, 6.45) is 1.75. The Morgan fingerprint density at radius 2 is 1.96 bits per heavy atom. The van der Waals surface area contributed by atoms with Gasteiger partial charge in [0.25, 0.3) is 0 Å². The van der Waals surface area contributed by atoms with E-state index in [0.29, 0.717) is 24.5 Å². The third-order valence-corrected chi connectivity index (χ3v) is 3.59. The second-order valence-electron chi connectivity index (χ2n) is 5.27. The molecule has 1 aromatic carbocycles. The maximum absolute atomic E-state index is 12.0. The van der Waals surface area contributed by atoms with E-state index < -0.39 is 4.92 Å². The Labute approximate surface area is 149 Å². The normalized spacial score (nSPS) is 10.3. The molecule has 1 N–H and O–H groups in total. The molecule has 0 bridgehead atoms. The van der Waals surface area contributed by atoms with Gasteiger partial charge in [-0.05, 0) is 24.1 Å². The number of rotatable bonds is 9. The highest BCUT2D eigenvalue weighted by atomic mass is 16.6. The smallest absolute Gasteiger partial charge is 0.350 e. The van der Waals surface area contributed by atoms with Crippen molar-refractivity contribution in [1.29, 1.82) is 0 Å². The molecule has 0 aliphatic heterocycles. The third kappa shape index (κ3) is 4.62. The summed E-state index contributed by atoms with van der Waals surface area (Å²) < 4.78 is 16.4. The number of carbonyl (C=O) groups is 1. The first kappa shape index (κ1) is 19.0. The van der Waals surface area contributed by atoms with E-state index in [1.807, 2.05) is 12.1 Å². The molecule has 0 atom stereocenters. The molecule has 0 saturated carbocycles. The monoisotopic (exact) mass is 364 g/mol. The van der Waals surface area contributed by atoms with E-state index in [1.165, 1.54) is 11.8 Å². The van der Waals surface area contributed by atoms with Gasteiger partial charge in [0.1, 0.15) is 12.7 Å². The van der Waals surface area contributed by atoms with Gasteiger partial charge in [-0.25, -0.2) is 0 Å². The number of nitrogens with zero attached hydrogens (tertiary/aromatic N) is 3. The molecule has 140 valence electrons. The quantitative estimate of drug-likeness (QED) is 0.524. The molecular formula is C16H20N4O6. The third-order valence-electron chi connectivity index (χ3n) is 3.59. The van der Waals surface area contributed by atoms with Gasteiger partial charge in [0.15, 0.2) is 11.5 Å². The van der Waals surface area contributed by atoms with Crippen LogP contribution in [0.25, 0.3) is 0 Å². The number of ether oxygens (including phenoxy) is 3. The van der Waals surface area contributed by atoms with E-state index >= 15 is 0 Å². The average molecular weight is 364 g/mol. The Morgan fingerprint density at radius 3 is 2.54 bits per heavy atom. The van der Waals surface area contributed by atoms with E-state index in [1.54, 1.807) is 20.3 Å². The van der Waals surface area contributed by atoms with Gasteiger partial charge >= 0.3 is 11.6 Å². The van der Waals surface area contributed by atoms with Crippen LogP contribution < -0.4 is 19.5 Å². The highest BCUT2D eigenvalue weighted by Gasteiger charge is 2.21. The molecule has 0 aliphatic rings. The van der Waals surface area contributed by atoms with Crippen LogP contribution in [-0.2, 0) is 17.8 Å². The lowest BCUT2D eigenvalue weighted by Gasteiger charge is -2.10. The topological polar surface area (TPSA) is 118 Å². The molecule has 0 spiro atoms. The minimum atomic E-state index is -0.614. The largest absolute Gasteiger partial charge is 0.493 e. The number of hydrogen-bond acceptors (Lipinski definition) is 7. The van der Waals surface area contributed by atoms with Crippen molar-refractivity contribution in [2.24, 2.45) is 0 Å². The van der Waals surface area contributed by atoms with Gasteiger partial charge < -0.3 is 19.5 Å². The lowest BCUT2D eigenvalue weighted by Crippen LogP contribution is -2.29. The lowest BCUT2D eigenvalue weighted by molar-refractivity contribution is -0.385. The zero-order valence-corrected chi connectivity index (χ0v) is 14.7. The molecule has 10 heteroatoms. The maximum Gasteiger partial charge on any atom is 0.350 e. The van der Waals surface area contributed by atoms with E-state index in [2.05, 4.69) is 10.4 Å². The van der Waals surface area contributed by atoms with E-state index in [0.717, 1.165) is 11.8 Å². The molecule has 0 unspecified atom stereocenters. The van der Waals surface area contributed by atoms with E-state index in [-0.39, 0.29) is 24.0 Å². The van der Waals surface area contributed by atoms with Gasteiger partial charge in [0, 0.05) is 6.54 Å². The van der Waals surface area contributed by atoms with Gasteiger partial charge in [-0.3, -0.25) is 19.6 Å². The Balaban J connectivity index is 1.88. The number of carbonyl (C=O) groups excluding carboxylic acids is 1. The minimum Gasteiger partial charge on any atom is -0.493 e. The predicted octanol–water partition coefficient (Wildman–Crippen LogP) is 1.18. The number of nitro groups is 1. The predicted molar refractivity (Wildman–Crippen MR) is 91.7 cm³/mol. The molecule has 10 nitrogen and oxygen atoms in total. The molecule has 0 radical (unpaired) electrons. The van der Waals surface area contributed by atoms with Crippen molar-refractivity contribution in [2.75, 3.05) is 27.9 Å². The van der Waals surface area contributed by atoms with Crippen LogP contribution in [0, 0.1) is 10.1 Å². The second kappa shape index (κ2) is 8.70. The number of methoxy groups -OCH3 is 3. The van der Waals surface area contributed by atoms with Gasteiger partial charge in [0.2, 0.25) is 5.91 Å². The van der Waals surface area contributed by atoms with Crippen molar-refractivity contribution >= 4 is 11.6 Å². The molecule has 0 saturated heterocycles. The lowest BCUT2D eigenvalue weighted by atomic mass is 10.1. The van der Waals surface area contributed by atoms with Crippen LogP contribution >= 0.6 is 0 Å². The fourth-order valence-corrected chi connectivity index (χ4v) is 2.33. The Bertz CT molecular complexity index is 789. The summed E-state index contributed by atoms with van der Waals surface area (Å²) in [5, 5.41) is 17.5. The zero-order valence-electron chi connectivity index (χ0n) is 14.7. The van der Waals surface area contributed by atoms with Crippen molar-refractivity contribution in [2.45, 2.75) is 13.0 Å². The van der Waals surface area contributed by atoms with Crippen molar-refractivity contribution in [1.82, 2.24) is 15.1 Å². The first-order chi connectivity index (χ1) is 12.5. The van der Waals surface area contributed by atoms with Crippen molar-refractivity contribution in [3.63, 3.8) is 0 Å². The van der Waals surface area contributed by atoms with E-state index in [4.69, 9.17) is 14.2 Å². The first-order valence-electron chi connectivity index (χ1n) is 7.72. The molecule has 2 rings (SSSR count). The molecule has 1 amide bonds. The summed E-state index contributed by atoms with van der Waals surface area (Å²) in [7, 11) is 4.40. The molecule has 1 heterocycles. The summed E-state index contributed by atoms with van der Waals surface area (Å²) in [6, 6.07) is 5.52. The van der Waals surface area contributed by atoms with Crippen molar-refractivity contribution in [3.05, 3.63) is 40.1 Å². The Kier molecular flexibility index (Phi) is 6.36. The average Bonchev–Trinajstić information content (AvgIpc) is 3.04. The van der Waals surface area contributed by atoms with Crippen LogP contribution in [0.1, 0.15) is 5.56 Å². The highest BCUT2D eigenvalue weighted by Crippen LogP contribution is 2.27. The number of amides is 1. The van der Waals surface area contributed by atoms with Crippen LogP contribution in [0.3, 0.4) is 0 Å². The second-order valence-corrected chi connectivity index (χ2v) is 5.27. The number of nitrogens with one attached hydrogen (secondary N) is 1. The fourth-order valence-electron chi connectivity index (χ4n) is 2.33. The van der Waals surface area contributed by atoms with Gasteiger partial charge in [-0.2, -0.15) is 0 Å². The van der Waals surface area contributed by atoms with Gasteiger partial charge in [-0.15, -0.1) is 5.10 Å². The Morgan fingerprint density at radius 1 is 1.23 bits per heavy atom. The van der Waals surface area contributed by atoms with Crippen molar-refractivity contribution in [3.8, 4) is 17.4 Å². The van der Waals surface area contributed by atoms with Crippen LogP contribution in [0.5, 0.6) is 17.4 Å². The number of benzene rings is 1. The summed E-state index contributed by atoms with van der Waals surface area (Å²) >= 11 is 0. The van der Waals surface area contributed by atoms with Gasteiger partial charge in [0.05, 0.1) is 26.3 Å². The van der Waals surface area contributed by atoms with Crippen molar-refractivity contribution < 1.29 is 23.9 Å². The van der Waals surface area contributed by atoms with Gasteiger partial charge in [-0.1, -0.05) is 6.07 Å². The molecule has 0 aliphatic carbocycles. The number of aromatic nitrogens is 2. The molecular weight excluding hydrogens is 344 g/mol. The fraction of sp³-hybridized carbons (Fsp3) is 0.375. The van der Waals surface area contributed by atoms with Crippen LogP contribution in [-0.4, -0.2) is 48.5 Å². The SMILES string of the molecule is COc1ccc(CCNC(=O)Cn2cc([N+](=O)[O-])c(OC)n2)cc1OC. The molecule has 0 fully saturated rings. The number of hydrogen-bond donors (Lipinski definition) is 1. The maximum atomic E-state index is 12.0. The minimum absolute atomic E-state index is 0.131. The summed E-state index contributed by atoms with van der Waals surface area (Å²) in [5.74, 6) is 0.806. The van der Waals surface area contributed by atoms with Crippen LogP contribution in [0.2, 0.25) is 0 Å². The zero-order chi connectivity index (χ0) is 19.1. The molecule has 26 heavy (non-hydrogen) atoms. The summed E-state index contributed by atoms with van der Waals surface area (Å²) in [4.78, 5) is 22.2. The molecule has 1 aromatic heterocycles.